The number of nitrogens with zero attached hydrogens (tertiary/aromatic N) is 2. The number of hydrogen-bond acceptors (Lipinski definition) is 2. The summed E-state index contributed by atoms with van der Waals surface area (Å²) in [4.78, 5) is 8.84. The maximum Gasteiger partial charge on any atom is 0.0889 e. The molecule has 0 spiro atoms. The van der Waals surface area contributed by atoms with Gasteiger partial charge in [0.15, 0.2) is 0 Å². The van der Waals surface area contributed by atoms with Crippen molar-refractivity contribution < 1.29 is 0 Å². The second-order valence-electron chi connectivity index (χ2n) is 7.27. The molecule has 20 heavy (non-hydrogen) atoms. The summed E-state index contributed by atoms with van der Waals surface area (Å²) in [7, 11) is 0. The van der Waals surface area contributed by atoms with Crippen LogP contribution in [-0.4, -0.2) is 9.97 Å². The molecule has 0 aromatic carbocycles. The normalized spacial score (nSPS) is 12.4. The maximum absolute atomic E-state index is 4.46. The fraction of sp³-hybridized carbons (Fsp3) is 0.444. The number of hydrogen-bond donors (Lipinski definition) is 0. The van der Waals surface area contributed by atoms with E-state index in [1.54, 1.807) is 0 Å². The highest BCUT2D eigenvalue weighted by Gasteiger charge is 2.27. The molecule has 0 saturated carbocycles. The largest absolute Gasteiger partial charge is 0.255 e. The lowest BCUT2D eigenvalue weighted by Crippen LogP contribution is -2.24. The molecule has 2 aromatic rings. The molecule has 0 atom stereocenters. The Kier molecular flexibility index (Phi) is 3.94. The Morgan fingerprint density at radius 1 is 0.850 bits per heavy atom. The summed E-state index contributed by atoms with van der Waals surface area (Å²) < 4.78 is 0. The Morgan fingerprint density at radius 3 is 2.15 bits per heavy atom. The highest BCUT2D eigenvalue weighted by molar-refractivity contribution is 5.55. The average molecular weight is 268 g/mol. The van der Waals surface area contributed by atoms with Gasteiger partial charge in [-0.1, -0.05) is 40.7 Å². The first kappa shape index (κ1) is 14.7. The first-order valence-corrected chi connectivity index (χ1v) is 7.16. The van der Waals surface area contributed by atoms with E-state index in [4.69, 9.17) is 0 Å². The molecule has 0 fully saturated rings. The van der Waals surface area contributed by atoms with Crippen LogP contribution in [0.25, 0.3) is 11.4 Å². The zero-order valence-corrected chi connectivity index (χ0v) is 13.1. The topological polar surface area (TPSA) is 25.8 Å². The molecule has 2 heterocycles. The molecular weight excluding hydrogens is 244 g/mol. The van der Waals surface area contributed by atoms with Crippen LogP contribution in [0.1, 0.15) is 46.6 Å². The minimum atomic E-state index is 0.130. The quantitative estimate of drug-likeness (QED) is 0.794. The third kappa shape index (κ3) is 3.66. The summed E-state index contributed by atoms with van der Waals surface area (Å²) in [5, 5.41) is 0. The van der Waals surface area contributed by atoms with Crippen molar-refractivity contribution in [2.24, 2.45) is 5.41 Å². The van der Waals surface area contributed by atoms with E-state index in [0.29, 0.717) is 5.41 Å². The van der Waals surface area contributed by atoms with Gasteiger partial charge in [0, 0.05) is 12.4 Å². The monoisotopic (exact) mass is 268 g/mol. The van der Waals surface area contributed by atoms with Crippen LogP contribution >= 0.6 is 0 Å². The van der Waals surface area contributed by atoms with Gasteiger partial charge >= 0.3 is 0 Å². The van der Waals surface area contributed by atoms with Gasteiger partial charge in [-0.25, -0.2) is 0 Å². The third-order valence-corrected chi connectivity index (χ3v) is 3.44. The third-order valence-electron chi connectivity index (χ3n) is 3.44. The predicted octanol–water partition coefficient (Wildman–Crippen LogP) is 4.86. The molecule has 0 N–H and O–H groups in total. The zero-order valence-electron chi connectivity index (χ0n) is 13.1. The fourth-order valence-electron chi connectivity index (χ4n) is 2.93. The van der Waals surface area contributed by atoms with Crippen molar-refractivity contribution in [2.75, 3.05) is 0 Å². The van der Waals surface area contributed by atoms with Crippen molar-refractivity contribution in [3.63, 3.8) is 0 Å². The molecule has 0 unspecified atom stereocenters. The van der Waals surface area contributed by atoms with E-state index < -0.39 is 0 Å². The molecule has 2 nitrogen and oxygen atoms in total. The molecule has 0 bridgehead atoms. The van der Waals surface area contributed by atoms with Crippen molar-refractivity contribution in [1.82, 2.24) is 9.97 Å². The Bertz CT molecular complexity index is 565. The lowest BCUT2D eigenvalue weighted by molar-refractivity contribution is 0.284. The van der Waals surface area contributed by atoms with Crippen LogP contribution in [0, 0.1) is 5.41 Å². The molecule has 0 saturated heterocycles. The second-order valence-corrected chi connectivity index (χ2v) is 7.27. The molecule has 0 aliphatic heterocycles. The summed E-state index contributed by atoms with van der Waals surface area (Å²) >= 11 is 0. The SMILES string of the molecule is CC(C)(C)CC(C)(C)c1ccnc(-c2ccccn2)c1. The maximum atomic E-state index is 4.46. The van der Waals surface area contributed by atoms with Crippen molar-refractivity contribution in [3.8, 4) is 11.4 Å². The summed E-state index contributed by atoms with van der Waals surface area (Å²) in [5.41, 5.74) is 3.64. The fourth-order valence-corrected chi connectivity index (χ4v) is 2.93. The number of aromatic nitrogens is 2. The van der Waals surface area contributed by atoms with Crippen LogP contribution in [-0.2, 0) is 5.41 Å². The number of rotatable bonds is 3. The molecule has 106 valence electrons. The van der Waals surface area contributed by atoms with E-state index in [-0.39, 0.29) is 5.41 Å². The van der Waals surface area contributed by atoms with E-state index in [2.05, 4.69) is 56.7 Å². The molecule has 2 heteroatoms. The van der Waals surface area contributed by atoms with Gasteiger partial charge in [-0.3, -0.25) is 9.97 Å². The predicted molar refractivity (Wildman–Crippen MR) is 84.6 cm³/mol. The van der Waals surface area contributed by atoms with Gasteiger partial charge in [-0.05, 0) is 47.1 Å². The summed E-state index contributed by atoms with van der Waals surface area (Å²) in [6, 6.07) is 10.2. The smallest absolute Gasteiger partial charge is 0.0889 e. The minimum absolute atomic E-state index is 0.130. The van der Waals surface area contributed by atoms with Crippen molar-refractivity contribution in [2.45, 2.75) is 46.5 Å². The first-order chi connectivity index (χ1) is 9.28. The van der Waals surface area contributed by atoms with Crippen molar-refractivity contribution >= 4 is 0 Å². The van der Waals surface area contributed by atoms with E-state index in [0.717, 1.165) is 17.8 Å². The zero-order chi connectivity index (χ0) is 14.8. The van der Waals surface area contributed by atoms with E-state index in [9.17, 15) is 0 Å². The molecular formula is C18H24N2. The highest BCUT2D eigenvalue weighted by atomic mass is 14.8. The minimum Gasteiger partial charge on any atom is -0.255 e. The van der Waals surface area contributed by atoms with Gasteiger partial charge in [-0.15, -0.1) is 0 Å². The van der Waals surface area contributed by atoms with Gasteiger partial charge < -0.3 is 0 Å². The summed E-state index contributed by atoms with van der Waals surface area (Å²) in [6.45, 7) is 11.5. The van der Waals surface area contributed by atoms with E-state index in [1.807, 2.05) is 30.6 Å². The Balaban J connectivity index is 2.35. The standard InChI is InChI=1S/C18H24N2/c1-17(2,3)13-18(4,5)14-9-11-20-16(12-14)15-8-6-7-10-19-15/h6-12H,13H2,1-5H3. The molecule has 0 amide bonds. The van der Waals surface area contributed by atoms with Crippen LogP contribution in [0.3, 0.4) is 0 Å². The van der Waals surface area contributed by atoms with Crippen LogP contribution in [0.2, 0.25) is 0 Å². The molecule has 0 aliphatic rings. The van der Waals surface area contributed by atoms with Gasteiger partial charge in [0.2, 0.25) is 0 Å². The molecule has 2 aromatic heterocycles. The van der Waals surface area contributed by atoms with Gasteiger partial charge in [0.05, 0.1) is 11.4 Å². The summed E-state index contributed by atoms with van der Waals surface area (Å²) in [6.07, 6.45) is 4.83. The van der Waals surface area contributed by atoms with Crippen molar-refractivity contribution in [1.29, 1.82) is 0 Å². The first-order valence-electron chi connectivity index (χ1n) is 7.16. The van der Waals surface area contributed by atoms with Crippen molar-refractivity contribution in [3.05, 3.63) is 48.3 Å². The van der Waals surface area contributed by atoms with E-state index >= 15 is 0 Å². The molecule has 0 aliphatic carbocycles. The van der Waals surface area contributed by atoms with Crippen LogP contribution in [0.15, 0.2) is 42.7 Å². The molecule has 0 radical (unpaired) electrons. The number of pyridine rings is 2. The Morgan fingerprint density at radius 2 is 1.55 bits per heavy atom. The average Bonchev–Trinajstić information content (AvgIpc) is 2.37. The Labute approximate surface area is 122 Å². The van der Waals surface area contributed by atoms with Crippen LogP contribution < -0.4 is 0 Å². The van der Waals surface area contributed by atoms with Gasteiger partial charge in [0.1, 0.15) is 0 Å². The lowest BCUT2D eigenvalue weighted by Gasteiger charge is -2.33. The summed E-state index contributed by atoms with van der Waals surface area (Å²) in [5.74, 6) is 0. The highest BCUT2D eigenvalue weighted by Crippen LogP contribution is 2.36. The van der Waals surface area contributed by atoms with Crippen LogP contribution in [0.5, 0.6) is 0 Å². The molecule has 2 rings (SSSR count). The van der Waals surface area contributed by atoms with E-state index in [1.165, 1.54) is 5.56 Å². The lowest BCUT2D eigenvalue weighted by atomic mass is 9.72. The van der Waals surface area contributed by atoms with Gasteiger partial charge in [0.25, 0.3) is 0 Å². The second kappa shape index (κ2) is 5.35. The van der Waals surface area contributed by atoms with Gasteiger partial charge in [-0.2, -0.15) is 0 Å². The Hall–Kier alpha value is -1.70. The van der Waals surface area contributed by atoms with Crippen LogP contribution in [0.4, 0.5) is 0 Å².